The highest BCUT2D eigenvalue weighted by Crippen LogP contribution is 2.35. The van der Waals surface area contributed by atoms with E-state index in [1.165, 1.54) is 0 Å². The summed E-state index contributed by atoms with van der Waals surface area (Å²) in [6.07, 6.45) is 6.52. The zero-order valence-corrected chi connectivity index (χ0v) is 23.3. The van der Waals surface area contributed by atoms with Gasteiger partial charge in [-0.15, -0.1) is 5.10 Å². The largest absolute Gasteiger partial charge is 0.377 e. The Labute approximate surface area is 233 Å². The molecule has 39 heavy (non-hydrogen) atoms. The summed E-state index contributed by atoms with van der Waals surface area (Å²) in [5, 5.41) is 14.9. The summed E-state index contributed by atoms with van der Waals surface area (Å²) in [5.74, 6) is 0.711. The van der Waals surface area contributed by atoms with Crippen LogP contribution >= 0.6 is 11.6 Å². The van der Waals surface area contributed by atoms with Crippen molar-refractivity contribution in [1.29, 1.82) is 0 Å². The number of fused-ring (bicyclic) bond motifs is 1. The first-order chi connectivity index (χ1) is 19.0. The highest BCUT2D eigenvalue weighted by atomic mass is 35.5. The molecule has 1 aliphatic heterocycles. The van der Waals surface area contributed by atoms with Crippen LogP contribution in [0.1, 0.15) is 78.7 Å². The van der Waals surface area contributed by atoms with Gasteiger partial charge in [0.05, 0.1) is 17.7 Å². The summed E-state index contributed by atoms with van der Waals surface area (Å²) < 4.78 is 8.08. The molecular weight excluding hydrogens is 512 g/mol. The molecule has 8 nitrogen and oxygen atoms in total. The maximum Gasteiger partial charge on any atom is 0.253 e. The van der Waals surface area contributed by atoms with E-state index in [1.54, 1.807) is 0 Å². The first kappa shape index (κ1) is 26.2. The molecule has 0 amide bonds. The second-order valence-electron chi connectivity index (χ2n) is 11.1. The molecule has 1 saturated carbocycles. The van der Waals surface area contributed by atoms with Crippen molar-refractivity contribution in [2.24, 2.45) is 0 Å². The minimum Gasteiger partial charge on any atom is -0.377 e. The third-order valence-electron chi connectivity index (χ3n) is 8.18. The SMILES string of the molecule is Cc1cc(C)c2[nH]c(=O)c([C@H](c3nnnn3C3CCCC3)N(Cc3ccc(Cl)cc3)C[C@@H]3CCCO3)cc2c1. The van der Waals surface area contributed by atoms with Crippen molar-refractivity contribution in [3.05, 3.63) is 85.9 Å². The average molecular weight is 547 g/mol. The molecule has 2 aliphatic rings. The lowest BCUT2D eigenvalue weighted by Gasteiger charge is -2.33. The standard InChI is InChI=1S/C30H35ClN6O2/c1-19-14-20(2)27-22(15-19)16-26(30(38)32-27)28(29-33-34-35-37(29)24-6-3-4-7-24)36(18-25-8-5-13-39-25)17-21-9-11-23(31)12-10-21/h9-12,14-16,24-25,28H,3-8,13,17-18H2,1-2H3,(H,32,38)/t25-,28+/m0/s1. The molecule has 204 valence electrons. The van der Waals surface area contributed by atoms with Crippen LogP contribution in [0.15, 0.2) is 47.3 Å². The molecule has 6 rings (SSSR count). The van der Waals surface area contributed by atoms with Crippen molar-refractivity contribution < 1.29 is 4.74 Å². The monoisotopic (exact) mass is 546 g/mol. The fourth-order valence-electron chi connectivity index (χ4n) is 6.33. The molecule has 0 unspecified atom stereocenters. The van der Waals surface area contributed by atoms with Gasteiger partial charge in [0.1, 0.15) is 6.04 Å². The zero-order valence-electron chi connectivity index (χ0n) is 22.6. The topological polar surface area (TPSA) is 88.9 Å². The number of H-pyrrole nitrogens is 1. The third-order valence-corrected chi connectivity index (χ3v) is 8.43. The lowest BCUT2D eigenvalue weighted by atomic mass is 9.99. The maximum atomic E-state index is 13.9. The van der Waals surface area contributed by atoms with Gasteiger partial charge in [-0.2, -0.15) is 0 Å². The Kier molecular flexibility index (Phi) is 7.51. The third kappa shape index (κ3) is 5.51. The predicted molar refractivity (Wildman–Crippen MR) is 152 cm³/mol. The molecule has 9 heteroatoms. The molecule has 1 N–H and O–H groups in total. The van der Waals surface area contributed by atoms with E-state index in [-0.39, 0.29) is 17.7 Å². The normalized spacial score (nSPS) is 18.9. The van der Waals surface area contributed by atoms with Gasteiger partial charge in [-0.3, -0.25) is 9.69 Å². The Balaban J connectivity index is 1.52. The van der Waals surface area contributed by atoms with Crippen molar-refractivity contribution in [1.82, 2.24) is 30.1 Å². The molecule has 4 aromatic rings. The molecule has 2 aromatic carbocycles. The second-order valence-corrected chi connectivity index (χ2v) is 11.5. The van der Waals surface area contributed by atoms with E-state index in [9.17, 15) is 4.79 Å². The Bertz CT molecular complexity index is 1500. The van der Waals surface area contributed by atoms with Crippen LogP contribution in [0.3, 0.4) is 0 Å². The Morgan fingerprint density at radius 2 is 1.90 bits per heavy atom. The van der Waals surface area contributed by atoms with Crippen LogP contribution in [-0.2, 0) is 11.3 Å². The lowest BCUT2D eigenvalue weighted by molar-refractivity contribution is 0.0569. The van der Waals surface area contributed by atoms with E-state index in [0.29, 0.717) is 29.5 Å². The van der Waals surface area contributed by atoms with E-state index < -0.39 is 6.04 Å². The molecule has 3 heterocycles. The van der Waals surface area contributed by atoms with Crippen LogP contribution in [0.25, 0.3) is 10.9 Å². The summed E-state index contributed by atoms with van der Waals surface area (Å²) in [4.78, 5) is 19.4. The van der Waals surface area contributed by atoms with Crippen molar-refractivity contribution in [3.8, 4) is 0 Å². The number of aromatic nitrogens is 5. The Hall–Kier alpha value is -3.07. The molecule has 1 aliphatic carbocycles. The number of aromatic amines is 1. The average Bonchev–Trinajstić information content (AvgIpc) is 3.70. The number of hydrogen-bond acceptors (Lipinski definition) is 6. The molecule has 2 atom stereocenters. The molecule has 0 spiro atoms. The lowest BCUT2D eigenvalue weighted by Crippen LogP contribution is -2.39. The van der Waals surface area contributed by atoms with Gasteiger partial charge in [0.15, 0.2) is 5.82 Å². The molecule has 0 radical (unpaired) electrons. The molecular formula is C30H35ClN6O2. The Morgan fingerprint density at radius 3 is 2.64 bits per heavy atom. The minimum atomic E-state index is -0.450. The van der Waals surface area contributed by atoms with Gasteiger partial charge in [-0.25, -0.2) is 4.68 Å². The molecule has 0 bridgehead atoms. The number of pyridine rings is 1. The number of aryl methyl sites for hydroxylation is 2. The van der Waals surface area contributed by atoms with Crippen LogP contribution in [-0.4, -0.2) is 49.3 Å². The number of nitrogens with one attached hydrogen (secondary N) is 1. The number of benzene rings is 2. The zero-order chi connectivity index (χ0) is 26.9. The van der Waals surface area contributed by atoms with Gasteiger partial charge in [0.25, 0.3) is 5.56 Å². The fourth-order valence-corrected chi connectivity index (χ4v) is 6.46. The van der Waals surface area contributed by atoms with Crippen LogP contribution in [0.5, 0.6) is 0 Å². The number of hydrogen-bond donors (Lipinski definition) is 1. The fraction of sp³-hybridized carbons (Fsp3) is 0.467. The first-order valence-corrected chi connectivity index (χ1v) is 14.4. The number of rotatable bonds is 8. The van der Waals surface area contributed by atoms with Crippen LogP contribution in [0, 0.1) is 13.8 Å². The summed E-state index contributed by atoms with van der Waals surface area (Å²) in [5.41, 5.74) is 4.71. The summed E-state index contributed by atoms with van der Waals surface area (Å²) in [6, 6.07) is 14.0. The quantitative estimate of drug-likeness (QED) is 0.306. The van der Waals surface area contributed by atoms with Gasteiger partial charge >= 0.3 is 0 Å². The van der Waals surface area contributed by atoms with Gasteiger partial charge in [-0.1, -0.05) is 48.2 Å². The number of ether oxygens (including phenoxy) is 1. The molecule has 2 fully saturated rings. The van der Waals surface area contributed by atoms with Crippen molar-refractivity contribution in [3.63, 3.8) is 0 Å². The molecule has 2 aromatic heterocycles. The van der Waals surface area contributed by atoms with E-state index >= 15 is 0 Å². The smallest absolute Gasteiger partial charge is 0.253 e. The van der Waals surface area contributed by atoms with Crippen molar-refractivity contribution >= 4 is 22.5 Å². The van der Waals surface area contributed by atoms with Crippen LogP contribution in [0.4, 0.5) is 0 Å². The summed E-state index contributed by atoms with van der Waals surface area (Å²) in [7, 11) is 0. The van der Waals surface area contributed by atoms with Crippen LogP contribution in [0.2, 0.25) is 5.02 Å². The highest BCUT2D eigenvalue weighted by Gasteiger charge is 2.35. The predicted octanol–water partition coefficient (Wildman–Crippen LogP) is 5.67. The van der Waals surface area contributed by atoms with Gasteiger partial charge < -0.3 is 9.72 Å². The summed E-state index contributed by atoms with van der Waals surface area (Å²) >= 11 is 6.21. The van der Waals surface area contributed by atoms with Crippen molar-refractivity contribution in [2.45, 2.75) is 77.1 Å². The van der Waals surface area contributed by atoms with E-state index in [1.807, 2.05) is 41.9 Å². The van der Waals surface area contributed by atoms with Gasteiger partial charge in [-0.05, 0) is 90.7 Å². The van der Waals surface area contributed by atoms with Crippen LogP contribution < -0.4 is 5.56 Å². The summed E-state index contributed by atoms with van der Waals surface area (Å²) in [6.45, 7) is 6.14. The van der Waals surface area contributed by atoms with Gasteiger partial charge in [0.2, 0.25) is 0 Å². The number of halogens is 1. The Morgan fingerprint density at radius 1 is 1.10 bits per heavy atom. The molecule has 1 saturated heterocycles. The number of nitrogens with zero attached hydrogens (tertiary/aromatic N) is 5. The minimum absolute atomic E-state index is 0.0830. The van der Waals surface area contributed by atoms with Crippen molar-refractivity contribution in [2.75, 3.05) is 13.2 Å². The van der Waals surface area contributed by atoms with E-state index in [2.05, 4.69) is 44.5 Å². The van der Waals surface area contributed by atoms with Gasteiger partial charge in [0, 0.05) is 30.3 Å². The maximum absolute atomic E-state index is 13.9. The first-order valence-electron chi connectivity index (χ1n) is 14.0. The van der Waals surface area contributed by atoms with E-state index in [0.717, 1.165) is 72.7 Å². The second kappa shape index (κ2) is 11.2. The number of tetrazole rings is 1. The highest BCUT2D eigenvalue weighted by molar-refractivity contribution is 6.30. The van der Waals surface area contributed by atoms with E-state index in [4.69, 9.17) is 16.3 Å².